The highest BCUT2D eigenvalue weighted by atomic mass is 16.4. The minimum atomic E-state index is -1.32. The Kier molecular flexibility index (Phi) is 5.03. The highest BCUT2D eigenvalue weighted by Crippen LogP contribution is 1.95. The molecule has 12 heavy (non-hydrogen) atoms. The van der Waals surface area contributed by atoms with Gasteiger partial charge in [0.25, 0.3) is 0 Å². The van der Waals surface area contributed by atoms with Crippen molar-refractivity contribution in [1.29, 1.82) is 0 Å². The van der Waals surface area contributed by atoms with E-state index in [4.69, 9.17) is 10.2 Å². The van der Waals surface area contributed by atoms with E-state index in [9.17, 15) is 9.59 Å². The first-order chi connectivity index (χ1) is 5.54. The van der Waals surface area contributed by atoms with E-state index in [0.717, 1.165) is 0 Å². The van der Waals surface area contributed by atoms with Crippen molar-refractivity contribution in [1.82, 2.24) is 5.32 Å². The Bertz CT molecular complexity index is 169. The molecule has 0 rings (SSSR count). The maximum atomic E-state index is 10.3. The molecular weight excluding hydrogens is 162 g/mol. The van der Waals surface area contributed by atoms with E-state index >= 15 is 0 Å². The standard InChI is InChI=1S/C7H13NO4/c1-5(9)8-4-2-3-6(10)7(11)12/h6,10H,2-4H2,1H3,(H,8,9)(H,11,12). The largest absolute Gasteiger partial charge is 0.479 e. The Morgan fingerprint density at radius 3 is 2.50 bits per heavy atom. The molecular formula is C7H13NO4. The Morgan fingerprint density at radius 2 is 2.08 bits per heavy atom. The van der Waals surface area contributed by atoms with Crippen molar-refractivity contribution in [2.45, 2.75) is 25.9 Å². The number of aliphatic hydroxyl groups excluding tert-OH is 1. The molecule has 1 unspecified atom stereocenters. The summed E-state index contributed by atoms with van der Waals surface area (Å²) in [5.41, 5.74) is 0. The lowest BCUT2D eigenvalue weighted by Crippen LogP contribution is -2.24. The topological polar surface area (TPSA) is 86.6 Å². The quantitative estimate of drug-likeness (QED) is 0.484. The summed E-state index contributed by atoms with van der Waals surface area (Å²) < 4.78 is 0. The minimum Gasteiger partial charge on any atom is -0.479 e. The number of carbonyl (C=O) groups excluding carboxylic acids is 1. The van der Waals surface area contributed by atoms with Crippen LogP contribution in [-0.2, 0) is 9.59 Å². The lowest BCUT2D eigenvalue weighted by Gasteiger charge is -2.04. The van der Waals surface area contributed by atoms with E-state index < -0.39 is 12.1 Å². The molecule has 70 valence electrons. The van der Waals surface area contributed by atoms with Crippen LogP contribution in [0.2, 0.25) is 0 Å². The number of carbonyl (C=O) groups is 2. The minimum absolute atomic E-state index is 0.153. The number of aliphatic carboxylic acids is 1. The summed E-state index contributed by atoms with van der Waals surface area (Å²) in [6.07, 6.45) is -0.693. The smallest absolute Gasteiger partial charge is 0.332 e. The average molecular weight is 175 g/mol. The average Bonchev–Trinajstić information content (AvgIpc) is 1.97. The van der Waals surface area contributed by atoms with Gasteiger partial charge in [-0.25, -0.2) is 4.79 Å². The number of hydrogen-bond acceptors (Lipinski definition) is 3. The number of aliphatic hydroxyl groups is 1. The number of carboxylic acids is 1. The number of hydrogen-bond donors (Lipinski definition) is 3. The van der Waals surface area contributed by atoms with Crippen LogP contribution in [-0.4, -0.2) is 34.7 Å². The zero-order valence-electron chi connectivity index (χ0n) is 6.91. The van der Waals surface area contributed by atoms with Gasteiger partial charge in [0.1, 0.15) is 0 Å². The normalized spacial score (nSPS) is 12.2. The summed E-state index contributed by atoms with van der Waals surface area (Å²) >= 11 is 0. The Labute approximate surface area is 70.4 Å². The SMILES string of the molecule is CC(=O)NCCCC(O)C(=O)O. The molecule has 0 aromatic rings. The number of amides is 1. The third-order valence-electron chi connectivity index (χ3n) is 1.31. The Hall–Kier alpha value is -1.10. The van der Waals surface area contributed by atoms with Crippen LogP contribution in [0.3, 0.4) is 0 Å². The molecule has 5 heteroatoms. The predicted molar refractivity (Wildman–Crippen MR) is 41.6 cm³/mol. The number of nitrogens with one attached hydrogen (secondary N) is 1. The molecule has 0 aliphatic carbocycles. The first-order valence-corrected chi connectivity index (χ1v) is 3.69. The summed E-state index contributed by atoms with van der Waals surface area (Å²) in [6.45, 7) is 1.79. The number of rotatable bonds is 5. The molecule has 0 spiro atoms. The van der Waals surface area contributed by atoms with E-state index in [1.54, 1.807) is 0 Å². The predicted octanol–water partition coefficient (Wildman–Crippen LogP) is -0.652. The molecule has 0 heterocycles. The van der Waals surface area contributed by atoms with Gasteiger partial charge in [0.05, 0.1) is 0 Å². The molecule has 0 saturated carbocycles. The fourth-order valence-electron chi connectivity index (χ4n) is 0.683. The van der Waals surface area contributed by atoms with Crippen LogP contribution >= 0.6 is 0 Å². The van der Waals surface area contributed by atoms with E-state index in [1.165, 1.54) is 6.92 Å². The molecule has 5 nitrogen and oxygen atoms in total. The molecule has 3 N–H and O–H groups in total. The van der Waals surface area contributed by atoms with Crippen LogP contribution in [0.4, 0.5) is 0 Å². The van der Waals surface area contributed by atoms with Gasteiger partial charge >= 0.3 is 5.97 Å². The second kappa shape index (κ2) is 5.54. The Balaban J connectivity index is 3.31. The molecule has 0 bridgehead atoms. The maximum absolute atomic E-state index is 10.3. The Morgan fingerprint density at radius 1 is 1.50 bits per heavy atom. The van der Waals surface area contributed by atoms with Gasteiger partial charge in [0, 0.05) is 13.5 Å². The zero-order valence-corrected chi connectivity index (χ0v) is 6.91. The third kappa shape index (κ3) is 5.67. The lowest BCUT2D eigenvalue weighted by atomic mass is 10.2. The van der Waals surface area contributed by atoms with Gasteiger partial charge in [0.2, 0.25) is 5.91 Å². The molecule has 0 aliphatic rings. The molecule has 0 fully saturated rings. The molecule has 1 atom stereocenters. The summed E-state index contributed by atoms with van der Waals surface area (Å²) in [4.78, 5) is 20.4. The lowest BCUT2D eigenvalue weighted by molar-refractivity contribution is -0.146. The van der Waals surface area contributed by atoms with Crippen molar-refractivity contribution in [3.05, 3.63) is 0 Å². The fourth-order valence-corrected chi connectivity index (χ4v) is 0.683. The highest BCUT2D eigenvalue weighted by molar-refractivity contribution is 5.73. The van der Waals surface area contributed by atoms with Crippen LogP contribution in [0.15, 0.2) is 0 Å². The van der Waals surface area contributed by atoms with Crippen molar-refractivity contribution in [2.24, 2.45) is 0 Å². The molecule has 0 radical (unpaired) electrons. The second-order valence-corrected chi connectivity index (χ2v) is 2.48. The van der Waals surface area contributed by atoms with Crippen LogP contribution < -0.4 is 5.32 Å². The van der Waals surface area contributed by atoms with Crippen molar-refractivity contribution >= 4 is 11.9 Å². The van der Waals surface area contributed by atoms with E-state index in [0.29, 0.717) is 13.0 Å². The van der Waals surface area contributed by atoms with Crippen molar-refractivity contribution in [3.8, 4) is 0 Å². The third-order valence-corrected chi connectivity index (χ3v) is 1.31. The second-order valence-electron chi connectivity index (χ2n) is 2.48. The van der Waals surface area contributed by atoms with Crippen LogP contribution in [0.1, 0.15) is 19.8 Å². The van der Waals surface area contributed by atoms with Gasteiger partial charge in [-0.3, -0.25) is 4.79 Å². The van der Waals surface area contributed by atoms with Crippen LogP contribution in [0, 0.1) is 0 Å². The molecule has 0 aromatic heterocycles. The fraction of sp³-hybridized carbons (Fsp3) is 0.714. The van der Waals surface area contributed by atoms with Gasteiger partial charge in [0.15, 0.2) is 6.10 Å². The zero-order chi connectivity index (χ0) is 9.56. The van der Waals surface area contributed by atoms with Crippen molar-refractivity contribution in [3.63, 3.8) is 0 Å². The summed E-state index contributed by atoms with van der Waals surface area (Å²) in [6, 6.07) is 0. The summed E-state index contributed by atoms with van der Waals surface area (Å²) in [7, 11) is 0. The maximum Gasteiger partial charge on any atom is 0.332 e. The van der Waals surface area contributed by atoms with Gasteiger partial charge in [-0.05, 0) is 12.8 Å². The van der Waals surface area contributed by atoms with Gasteiger partial charge in [-0.1, -0.05) is 0 Å². The van der Waals surface area contributed by atoms with E-state index in [2.05, 4.69) is 5.32 Å². The first-order valence-electron chi connectivity index (χ1n) is 3.69. The van der Waals surface area contributed by atoms with Gasteiger partial charge in [-0.15, -0.1) is 0 Å². The first kappa shape index (κ1) is 10.9. The summed E-state index contributed by atoms with van der Waals surface area (Å²) in [5, 5.41) is 19.5. The van der Waals surface area contributed by atoms with E-state index in [1.807, 2.05) is 0 Å². The molecule has 1 amide bonds. The molecule has 0 aliphatic heterocycles. The van der Waals surface area contributed by atoms with Gasteiger partial charge < -0.3 is 15.5 Å². The van der Waals surface area contributed by atoms with Gasteiger partial charge in [-0.2, -0.15) is 0 Å². The highest BCUT2D eigenvalue weighted by Gasteiger charge is 2.11. The van der Waals surface area contributed by atoms with Crippen molar-refractivity contribution in [2.75, 3.05) is 6.54 Å². The van der Waals surface area contributed by atoms with Crippen molar-refractivity contribution < 1.29 is 19.8 Å². The van der Waals surface area contributed by atoms with Crippen LogP contribution in [0.5, 0.6) is 0 Å². The van der Waals surface area contributed by atoms with Crippen LogP contribution in [0.25, 0.3) is 0 Å². The monoisotopic (exact) mass is 175 g/mol. The summed E-state index contributed by atoms with van der Waals surface area (Å²) in [5.74, 6) is -1.38. The molecule has 0 saturated heterocycles. The molecule has 0 aromatic carbocycles. The number of carboxylic acid groups (broad SMARTS) is 1. The van der Waals surface area contributed by atoms with E-state index in [-0.39, 0.29) is 12.3 Å².